The minimum absolute atomic E-state index is 0.518. The average molecular weight is 346 g/mol. The van der Waals surface area contributed by atoms with Crippen LogP contribution in [0.2, 0.25) is 0 Å². The predicted molar refractivity (Wildman–Crippen MR) is 112 cm³/mol. The Morgan fingerprint density at radius 1 is 0.654 bits per heavy atom. The minimum atomic E-state index is 0.518. The molecule has 4 rings (SSSR count). The molecule has 0 bridgehead atoms. The molecule has 0 saturated carbocycles. The van der Waals surface area contributed by atoms with Gasteiger partial charge in [0.1, 0.15) is 0 Å². The van der Waals surface area contributed by atoms with Gasteiger partial charge in [0.15, 0.2) is 0 Å². The SMILES string of the molecule is CC(C)c1c[nH]c2cc(NNc3ccc4c(C(C)C)c[nH]c4c3)ccc12. The Morgan fingerprint density at radius 3 is 1.46 bits per heavy atom. The van der Waals surface area contributed by atoms with Crippen LogP contribution in [-0.2, 0) is 0 Å². The van der Waals surface area contributed by atoms with Crippen LogP contribution in [0.3, 0.4) is 0 Å². The number of anilines is 2. The van der Waals surface area contributed by atoms with E-state index in [1.54, 1.807) is 0 Å². The summed E-state index contributed by atoms with van der Waals surface area (Å²) in [6, 6.07) is 12.8. The van der Waals surface area contributed by atoms with Gasteiger partial charge in [-0.25, -0.2) is 0 Å². The average Bonchev–Trinajstić information content (AvgIpc) is 3.23. The van der Waals surface area contributed by atoms with E-state index in [1.807, 2.05) is 0 Å². The number of H-pyrrole nitrogens is 2. The molecule has 4 heteroatoms. The van der Waals surface area contributed by atoms with E-state index < -0.39 is 0 Å². The summed E-state index contributed by atoms with van der Waals surface area (Å²) in [4.78, 5) is 6.75. The first kappa shape index (κ1) is 16.6. The predicted octanol–water partition coefficient (Wildman–Crippen LogP) is 6.34. The molecule has 0 atom stereocenters. The Balaban J connectivity index is 1.53. The lowest BCUT2D eigenvalue weighted by atomic mass is 10.0. The summed E-state index contributed by atoms with van der Waals surface area (Å²) in [5, 5.41) is 2.58. The third-order valence-corrected chi connectivity index (χ3v) is 5.02. The smallest absolute Gasteiger partial charge is 0.0560 e. The third-order valence-electron chi connectivity index (χ3n) is 5.02. The van der Waals surface area contributed by atoms with Crippen molar-refractivity contribution in [3.8, 4) is 0 Å². The Labute approximate surface area is 154 Å². The Bertz CT molecular complexity index is 967. The van der Waals surface area contributed by atoms with Gasteiger partial charge in [-0.1, -0.05) is 39.8 Å². The van der Waals surface area contributed by atoms with Crippen molar-refractivity contribution >= 4 is 33.2 Å². The molecule has 4 N–H and O–H groups in total. The molecule has 0 aliphatic rings. The summed E-state index contributed by atoms with van der Waals surface area (Å²) in [5.41, 5.74) is 13.7. The quantitative estimate of drug-likeness (QED) is 0.319. The normalized spacial score (nSPS) is 11.8. The van der Waals surface area contributed by atoms with Gasteiger partial charge in [0.05, 0.1) is 11.4 Å². The maximum Gasteiger partial charge on any atom is 0.0560 e. The van der Waals surface area contributed by atoms with Gasteiger partial charge < -0.3 is 20.8 Å². The Morgan fingerprint density at radius 2 is 1.08 bits per heavy atom. The lowest BCUT2D eigenvalue weighted by Crippen LogP contribution is -2.08. The molecule has 4 aromatic rings. The van der Waals surface area contributed by atoms with E-state index in [2.05, 4.69) is 97.3 Å². The van der Waals surface area contributed by atoms with E-state index in [0.717, 1.165) is 22.4 Å². The highest BCUT2D eigenvalue weighted by Gasteiger charge is 2.09. The zero-order valence-corrected chi connectivity index (χ0v) is 15.8. The molecule has 26 heavy (non-hydrogen) atoms. The first-order chi connectivity index (χ1) is 12.5. The summed E-state index contributed by atoms with van der Waals surface area (Å²) < 4.78 is 0. The maximum absolute atomic E-state index is 3.37. The van der Waals surface area contributed by atoms with Crippen LogP contribution in [0.5, 0.6) is 0 Å². The van der Waals surface area contributed by atoms with E-state index >= 15 is 0 Å². The summed E-state index contributed by atoms with van der Waals surface area (Å²) in [5.74, 6) is 1.04. The number of aromatic nitrogens is 2. The zero-order valence-electron chi connectivity index (χ0n) is 15.8. The van der Waals surface area contributed by atoms with Crippen molar-refractivity contribution in [1.82, 2.24) is 9.97 Å². The minimum Gasteiger partial charge on any atom is -0.361 e. The molecule has 0 aliphatic heterocycles. The number of benzene rings is 2. The largest absolute Gasteiger partial charge is 0.361 e. The summed E-state index contributed by atoms with van der Waals surface area (Å²) >= 11 is 0. The van der Waals surface area contributed by atoms with Crippen molar-refractivity contribution in [3.63, 3.8) is 0 Å². The fourth-order valence-electron chi connectivity index (χ4n) is 3.55. The van der Waals surface area contributed by atoms with Gasteiger partial charge in [-0.2, -0.15) is 0 Å². The Hall–Kier alpha value is -2.88. The van der Waals surface area contributed by atoms with E-state index in [9.17, 15) is 0 Å². The molecule has 2 aromatic heterocycles. The highest BCUT2D eigenvalue weighted by Crippen LogP contribution is 2.29. The van der Waals surface area contributed by atoms with E-state index in [-0.39, 0.29) is 0 Å². The van der Waals surface area contributed by atoms with Crippen molar-refractivity contribution in [1.29, 1.82) is 0 Å². The molecule has 2 heterocycles. The molecule has 2 aromatic carbocycles. The first-order valence-corrected chi connectivity index (χ1v) is 9.27. The first-order valence-electron chi connectivity index (χ1n) is 9.27. The van der Waals surface area contributed by atoms with Crippen molar-refractivity contribution in [2.45, 2.75) is 39.5 Å². The molecule has 0 saturated heterocycles. The lowest BCUT2D eigenvalue weighted by Gasteiger charge is -2.11. The summed E-state index contributed by atoms with van der Waals surface area (Å²) in [7, 11) is 0. The second-order valence-corrected chi connectivity index (χ2v) is 7.57. The highest BCUT2D eigenvalue weighted by atomic mass is 15.4. The fourth-order valence-corrected chi connectivity index (χ4v) is 3.55. The van der Waals surface area contributed by atoms with Crippen LogP contribution >= 0.6 is 0 Å². The van der Waals surface area contributed by atoms with E-state index in [0.29, 0.717) is 11.8 Å². The van der Waals surface area contributed by atoms with Gasteiger partial charge in [-0.15, -0.1) is 0 Å². The van der Waals surface area contributed by atoms with Crippen LogP contribution in [0, 0.1) is 0 Å². The molecule has 0 fully saturated rings. The number of hydrogen-bond acceptors (Lipinski definition) is 2. The number of rotatable bonds is 5. The molecular weight excluding hydrogens is 320 g/mol. The van der Waals surface area contributed by atoms with Crippen LogP contribution in [-0.4, -0.2) is 9.97 Å². The van der Waals surface area contributed by atoms with Crippen LogP contribution in [0.25, 0.3) is 21.8 Å². The van der Waals surface area contributed by atoms with Crippen molar-refractivity contribution in [2.24, 2.45) is 0 Å². The molecular formula is C22H26N4. The molecule has 0 amide bonds. The zero-order chi connectivity index (χ0) is 18.3. The fraction of sp³-hybridized carbons (Fsp3) is 0.273. The van der Waals surface area contributed by atoms with Crippen molar-refractivity contribution < 1.29 is 0 Å². The van der Waals surface area contributed by atoms with Gasteiger partial charge in [-0.3, -0.25) is 0 Å². The van der Waals surface area contributed by atoms with Crippen LogP contribution < -0.4 is 10.9 Å². The number of fused-ring (bicyclic) bond motifs is 2. The third kappa shape index (κ3) is 2.92. The van der Waals surface area contributed by atoms with Crippen molar-refractivity contribution in [3.05, 3.63) is 59.9 Å². The summed E-state index contributed by atoms with van der Waals surface area (Å²) in [6.07, 6.45) is 4.22. The van der Waals surface area contributed by atoms with Gasteiger partial charge in [0.2, 0.25) is 0 Å². The Kier molecular flexibility index (Phi) is 4.11. The number of aromatic amines is 2. The van der Waals surface area contributed by atoms with Crippen LogP contribution in [0.4, 0.5) is 11.4 Å². The number of hydrazine groups is 1. The van der Waals surface area contributed by atoms with Crippen LogP contribution in [0.1, 0.15) is 50.7 Å². The molecule has 0 unspecified atom stereocenters. The van der Waals surface area contributed by atoms with Gasteiger partial charge >= 0.3 is 0 Å². The number of hydrogen-bond donors (Lipinski definition) is 4. The van der Waals surface area contributed by atoms with E-state index in [4.69, 9.17) is 0 Å². The maximum atomic E-state index is 3.37. The molecule has 0 aliphatic carbocycles. The standard InChI is InChI=1S/C22H26N4/c1-13(2)19-11-23-21-9-15(5-7-17(19)21)25-26-16-6-8-18-20(14(3)4)12-24-22(18)10-16/h5-14,23-26H,1-4H3. The molecule has 0 spiro atoms. The monoisotopic (exact) mass is 346 g/mol. The van der Waals surface area contributed by atoms with Gasteiger partial charge in [-0.05, 0) is 47.2 Å². The number of nitrogens with one attached hydrogen (secondary N) is 4. The summed E-state index contributed by atoms with van der Waals surface area (Å²) in [6.45, 7) is 8.88. The topological polar surface area (TPSA) is 55.6 Å². The van der Waals surface area contributed by atoms with Crippen molar-refractivity contribution in [2.75, 3.05) is 10.9 Å². The van der Waals surface area contributed by atoms with E-state index in [1.165, 1.54) is 21.9 Å². The molecule has 4 nitrogen and oxygen atoms in total. The van der Waals surface area contributed by atoms with Gasteiger partial charge in [0, 0.05) is 34.2 Å². The second-order valence-electron chi connectivity index (χ2n) is 7.57. The lowest BCUT2D eigenvalue weighted by molar-refractivity contribution is 0.875. The molecule has 134 valence electrons. The van der Waals surface area contributed by atoms with Gasteiger partial charge in [0.25, 0.3) is 0 Å². The second kappa shape index (κ2) is 6.45. The molecule has 0 radical (unpaired) electrons. The highest BCUT2D eigenvalue weighted by molar-refractivity contribution is 5.88. The van der Waals surface area contributed by atoms with Crippen LogP contribution in [0.15, 0.2) is 48.8 Å².